The van der Waals surface area contributed by atoms with Gasteiger partial charge in [0.25, 0.3) is 0 Å². The Kier molecular flexibility index (Phi) is 5.87. The van der Waals surface area contributed by atoms with Crippen molar-refractivity contribution in [3.8, 4) is 0 Å². The van der Waals surface area contributed by atoms with E-state index in [1.165, 1.54) is 6.07 Å². The second-order valence-electron chi connectivity index (χ2n) is 5.84. The third-order valence-electron chi connectivity index (χ3n) is 4.07. The molecule has 0 atom stereocenters. The van der Waals surface area contributed by atoms with Gasteiger partial charge in [0, 0.05) is 17.6 Å². The van der Waals surface area contributed by atoms with E-state index in [1.807, 2.05) is 6.92 Å². The lowest BCUT2D eigenvalue weighted by Crippen LogP contribution is -2.31. The lowest BCUT2D eigenvalue weighted by atomic mass is 9.87. The lowest BCUT2D eigenvalue weighted by Gasteiger charge is -2.23. The smallest absolute Gasteiger partial charge is 0.326 e. The van der Waals surface area contributed by atoms with Crippen LogP contribution in [0.5, 0.6) is 0 Å². The van der Waals surface area contributed by atoms with Crippen molar-refractivity contribution < 1.29 is 18.0 Å². The van der Waals surface area contributed by atoms with Crippen LogP contribution in [0.15, 0.2) is 18.2 Å². The molecular formula is C15H20ClF3N2O. The van der Waals surface area contributed by atoms with Crippen molar-refractivity contribution in [2.75, 3.05) is 5.32 Å². The van der Waals surface area contributed by atoms with Crippen LogP contribution in [0.2, 0.25) is 0 Å². The average Bonchev–Trinajstić information content (AvgIpc) is 2.85. The third kappa shape index (κ3) is 4.14. The lowest BCUT2D eigenvalue weighted by molar-refractivity contribution is -0.137. The molecule has 0 unspecified atom stereocenters. The highest BCUT2D eigenvalue weighted by Gasteiger charge is 2.37. The summed E-state index contributed by atoms with van der Waals surface area (Å²) in [4.78, 5) is 12.3. The van der Waals surface area contributed by atoms with Gasteiger partial charge >= 0.3 is 6.18 Å². The molecule has 1 fully saturated rings. The summed E-state index contributed by atoms with van der Waals surface area (Å²) in [6.45, 7) is 1.84. The molecule has 3 N–H and O–H groups in total. The Morgan fingerprint density at radius 1 is 1.27 bits per heavy atom. The van der Waals surface area contributed by atoms with Crippen LogP contribution in [0.4, 0.5) is 18.9 Å². The van der Waals surface area contributed by atoms with E-state index < -0.39 is 17.2 Å². The molecule has 0 aliphatic heterocycles. The molecule has 124 valence electrons. The molecule has 1 aromatic rings. The minimum Gasteiger partial charge on any atom is -0.326 e. The van der Waals surface area contributed by atoms with E-state index in [0.717, 1.165) is 37.8 Å². The SMILES string of the molecule is CC1(C(=O)Nc2cc(CN)cc(C(F)(F)F)c2)CCCC1.Cl. The predicted octanol–water partition coefficient (Wildman–Crippen LogP) is 4.10. The monoisotopic (exact) mass is 336 g/mol. The van der Waals surface area contributed by atoms with Crippen LogP contribution < -0.4 is 11.1 Å². The number of hydrogen-bond donors (Lipinski definition) is 2. The number of halogens is 4. The average molecular weight is 337 g/mol. The van der Waals surface area contributed by atoms with Crippen LogP contribution >= 0.6 is 12.4 Å². The molecule has 22 heavy (non-hydrogen) atoms. The number of alkyl halides is 3. The van der Waals surface area contributed by atoms with Gasteiger partial charge in [-0.05, 0) is 36.6 Å². The Morgan fingerprint density at radius 2 is 1.86 bits per heavy atom. The van der Waals surface area contributed by atoms with Gasteiger partial charge in [0.05, 0.1) is 5.56 Å². The van der Waals surface area contributed by atoms with Crippen molar-refractivity contribution in [3.05, 3.63) is 29.3 Å². The number of nitrogens with two attached hydrogens (primary N) is 1. The van der Waals surface area contributed by atoms with Gasteiger partial charge in [-0.2, -0.15) is 13.2 Å². The first-order valence-corrected chi connectivity index (χ1v) is 6.97. The summed E-state index contributed by atoms with van der Waals surface area (Å²) in [6.07, 6.45) is -0.980. The number of amides is 1. The predicted molar refractivity (Wildman–Crippen MR) is 81.8 cm³/mol. The minimum atomic E-state index is -4.46. The van der Waals surface area contributed by atoms with Crippen LogP contribution in [-0.2, 0) is 17.5 Å². The topological polar surface area (TPSA) is 55.1 Å². The second kappa shape index (κ2) is 6.87. The Balaban J connectivity index is 0.00000242. The Bertz CT molecular complexity index is 540. The highest BCUT2D eigenvalue weighted by atomic mass is 35.5. The van der Waals surface area contributed by atoms with Crippen molar-refractivity contribution in [2.45, 2.75) is 45.3 Å². The summed E-state index contributed by atoms with van der Waals surface area (Å²) in [5.74, 6) is -0.220. The van der Waals surface area contributed by atoms with Crippen molar-refractivity contribution >= 4 is 24.0 Å². The first kappa shape index (κ1) is 18.8. The van der Waals surface area contributed by atoms with E-state index in [-0.39, 0.29) is 30.5 Å². The summed E-state index contributed by atoms with van der Waals surface area (Å²) in [5, 5.41) is 2.62. The maximum absolute atomic E-state index is 12.8. The first-order chi connectivity index (χ1) is 9.74. The fourth-order valence-corrected chi connectivity index (χ4v) is 2.71. The molecule has 7 heteroatoms. The van der Waals surface area contributed by atoms with E-state index >= 15 is 0 Å². The molecule has 2 rings (SSSR count). The largest absolute Gasteiger partial charge is 0.416 e. The summed E-state index contributed by atoms with van der Waals surface area (Å²) in [5.41, 5.74) is 4.65. The van der Waals surface area contributed by atoms with Crippen LogP contribution in [0.25, 0.3) is 0 Å². The number of carbonyl (C=O) groups excluding carboxylic acids is 1. The highest BCUT2D eigenvalue weighted by molar-refractivity contribution is 5.95. The normalized spacial score (nSPS) is 17.0. The zero-order valence-corrected chi connectivity index (χ0v) is 13.1. The van der Waals surface area contributed by atoms with E-state index in [0.29, 0.717) is 5.56 Å². The van der Waals surface area contributed by atoms with E-state index in [9.17, 15) is 18.0 Å². The third-order valence-corrected chi connectivity index (χ3v) is 4.07. The molecule has 0 aromatic heterocycles. The molecule has 0 spiro atoms. The van der Waals surface area contributed by atoms with E-state index in [2.05, 4.69) is 5.32 Å². The number of benzene rings is 1. The summed E-state index contributed by atoms with van der Waals surface area (Å²) >= 11 is 0. The van der Waals surface area contributed by atoms with Crippen LogP contribution in [0, 0.1) is 5.41 Å². The molecule has 0 radical (unpaired) electrons. The van der Waals surface area contributed by atoms with E-state index in [4.69, 9.17) is 5.73 Å². The molecule has 1 amide bonds. The van der Waals surface area contributed by atoms with Crippen LogP contribution in [0.3, 0.4) is 0 Å². The fourth-order valence-electron chi connectivity index (χ4n) is 2.71. The second-order valence-corrected chi connectivity index (χ2v) is 5.84. The molecular weight excluding hydrogens is 317 g/mol. The van der Waals surface area contributed by atoms with Crippen molar-refractivity contribution in [1.82, 2.24) is 0 Å². The van der Waals surface area contributed by atoms with Gasteiger partial charge in [0.1, 0.15) is 0 Å². The Hall–Kier alpha value is -1.27. The van der Waals surface area contributed by atoms with Gasteiger partial charge in [0.15, 0.2) is 0 Å². The number of nitrogens with one attached hydrogen (secondary N) is 1. The molecule has 1 aromatic carbocycles. The van der Waals surface area contributed by atoms with Crippen LogP contribution in [-0.4, -0.2) is 5.91 Å². The molecule has 0 heterocycles. The Labute approximate surface area is 133 Å². The molecule has 0 bridgehead atoms. The summed E-state index contributed by atoms with van der Waals surface area (Å²) < 4.78 is 38.5. The quantitative estimate of drug-likeness (QED) is 0.873. The molecule has 1 aliphatic carbocycles. The minimum absolute atomic E-state index is 0. The number of hydrogen-bond acceptors (Lipinski definition) is 2. The molecule has 1 aliphatic rings. The van der Waals surface area contributed by atoms with Gasteiger partial charge in [0.2, 0.25) is 5.91 Å². The Morgan fingerprint density at radius 3 is 2.36 bits per heavy atom. The van der Waals surface area contributed by atoms with Gasteiger partial charge in [-0.3, -0.25) is 4.79 Å². The van der Waals surface area contributed by atoms with Gasteiger partial charge in [-0.15, -0.1) is 12.4 Å². The highest BCUT2D eigenvalue weighted by Crippen LogP contribution is 2.39. The molecule has 1 saturated carbocycles. The fraction of sp³-hybridized carbons (Fsp3) is 0.533. The number of carbonyl (C=O) groups is 1. The summed E-state index contributed by atoms with van der Waals surface area (Å²) in [7, 11) is 0. The van der Waals surface area contributed by atoms with Crippen LogP contribution in [0.1, 0.15) is 43.7 Å². The van der Waals surface area contributed by atoms with Crippen molar-refractivity contribution in [1.29, 1.82) is 0 Å². The standard InChI is InChI=1S/C15H19F3N2O.ClH/c1-14(4-2-3-5-14)13(21)20-12-7-10(9-19)6-11(8-12)15(16,17)18;/h6-8H,2-5,9,19H2,1H3,(H,20,21);1H. The van der Waals surface area contributed by atoms with Gasteiger partial charge in [-0.25, -0.2) is 0 Å². The van der Waals surface area contributed by atoms with E-state index in [1.54, 1.807) is 0 Å². The zero-order chi connectivity index (χ0) is 15.7. The maximum atomic E-state index is 12.8. The number of anilines is 1. The number of rotatable bonds is 3. The maximum Gasteiger partial charge on any atom is 0.416 e. The van der Waals surface area contributed by atoms with Gasteiger partial charge in [-0.1, -0.05) is 19.8 Å². The van der Waals surface area contributed by atoms with Crippen molar-refractivity contribution in [3.63, 3.8) is 0 Å². The van der Waals surface area contributed by atoms with Gasteiger partial charge < -0.3 is 11.1 Å². The molecule has 0 saturated heterocycles. The first-order valence-electron chi connectivity index (χ1n) is 6.97. The summed E-state index contributed by atoms with van der Waals surface area (Å²) in [6, 6.07) is 3.45. The zero-order valence-electron chi connectivity index (χ0n) is 12.3. The molecule has 3 nitrogen and oxygen atoms in total. The van der Waals surface area contributed by atoms with Crippen molar-refractivity contribution in [2.24, 2.45) is 11.1 Å².